The van der Waals surface area contributed by atoms with Crippen molar-refractivity contribution in [2.45, 2.75) is 31.6 Å². The van der Waals surface area contributed by atoms with Gasteiger partial charge in [-0.05, 0) is 12.8 Å². The number of ether oxygens (including phenoxy) is 1. The fourth-order valence-corrected chi connectivity index (χ4v) is 2.39. The molecule has 0 radical (unpaired) electrons. The molecule has 86 valence electrons. The van der Waals surface area contributed by atoms with E-state index in [1.807, 2.05) is 0 Å². The van der Waals surface area contributed by atoms with Gasteiger partial charge in [-0.1, -0.05) is 0 Å². The second-order valence-corrected chi connectivity index (χ2v) is 4.46. The van der Waals surface area contributed by atoms with E-state index in [9.17, 15) is 0 Å². The zero-order valence-electron chi connectivity index (χ0n) is 9.17. The fraction of sp³-hybridized carbons (Fsp3) is 0.636. The lowest BCUT2D eigenvalue weighted by Crippen LogP contribution is -2.43. The van der Waals surface area contributed by atoms with Gasteiger partial charge in [-0.2, -0.15) is 0 Å². The number of fused-ring (bicyclic) bond motifs is 2. The highest BCUT2D eigenvalue weighted by Crippen LogP contribution is 2.27. The van der Waals surface area contributed by atoms with Crippen molar-refractivity contribution < 1.29 is 4.74 Å². The standard InChI is InChI=1S/C11H16N4O/c12-3-8-4-13-11(14-5-8)15-6-9-1-2-10(7-15)16-9/h4-5,9-10H,1-3,6-7,12H2. The predicted molar refractivity (Wildman–Crippen MR) is 60.0 cm³/mol. The van der Waals surface area contributed by atoms with Gasteiger partial charge in [0.2, 0.25) is 5.95 Å². The highest BCUT2D eigenvalue weighted by molar-refractivity contribution is 5.31. The molecule has 2 bridgehead atoms. The Bertz CT molecular complexity index is 355. The first-order valence-electron chi connectivity index (χ1n) is 5.76. The average Bonchev–Trinajstić information content (AvgIpc) is 2.68. The quantitative estimate of drug-likeness (QED) is 0.776. The van der Waals surface area contributed by atoms with Crippen LogP contribution in [0, 0.1) is 0 Å². The maximum absolute atomic E-state index is 5.78. The lowest BCUT2D eigenvalue weighted by Gasteiger charge is -2.32. The fourth-order valence-electron chi connectivity index (χ4n) is 2.39. The van der Waals surface area contributed by atoms with Crippen LogP contribution < -0.4 is 10.6 Å². The van der Waals surface area contributed by atoms with E-state index in [1.165, 1.54) is 12.8 Å². The van der Waals surface area contributed by atoms with Crippen LogP contribution in [0.15, 0.2) is 12.4 Å². The number of anilines is 1. The maximum atomic E-state index is 5.78. The van der Waals surface area contributed by atoms with E-state index in [2.05, 4.69) is 14.9 Å². The molecule has 2 fully saturated rings. The topological polar surface area (TPSA) is 64.3 Å². The summed E-state index contributed by atoms with van der Waals surface area (Å²) in [5.74, 6) is 0.803. The molecule has 2 N–H and O–H groups in total. The third-order valence-electron chi connectivity index (χ3n) is 3.25. The van der Waals surface area contributed by atoms with Gasteiger partial charge in [0.25, 0.3) is 0 Å². The molecule has 2 atom stereocenters. The first-order chi connectivity index (χ1) is 7.85. The van der Waals surface area contributed by atoms with Gasteiger partial charge in [0.1, 0.15) is 0 Å². The third-order valence-corrected chi connectivity index (χ3v) is 3.25. The maximum Gasteiger partial charge on any atom is 0.225 e. The zero-order chi connectivity index (χ0) is 11.0. The number of morpholine rings is 1. The first-order valence-corrected chi connectivity index (χ1v) is 5.76. The highest BCUT2D eigenvalue weighted by Gasteiger charge is 2.34. The molecule has 0 aromatic carbocycles. The molecule has 0 amide bonds. The van der Waals surface area contributed by atoms with Crippen LogP contribution in [-0.4, -0.2) is 35.3 Å². The van der Waals surface area contributed by atoms with Crippen molar-refractivity contribution in [1.82, 2.24) is 9.97 Å². The largest absolute Gasteiger partial charge is 0.371 e. The summed E-state index contributed by atoms with van der Waals surface area (Å²) in [6.07, 6.45) is 6.69. The van der Waals surface area contributed by atoms with Crippen LogP contribution >= 0.6 is 0 Å². The Morgan fingerprint density at radius 1 is 1.25 bits per heavy atom. The predicted octanol–water partition coefficient (Wildman–Crippen LogP) is 0.303. The van der Waals surface area contributed by atoms with Crippen LogP contribution in [0.1, 0.15) is 18.4 Å². The molecule has 16 heavy (non-hydrogen) atoms. The molecule has 2 aliphatic rings. The lowest BCUT2D eigenvalue weighted by molar-refractivity contribution is 0.0299. The molecular formula is C11H16N4O. The van der Waals surface area contributed by atoms with Gasteiger partial charge >= 0.3 is 0 Å². The first kappa shape index (κ1) is 9.99. The molecule has 1 aromatic heterocycles. The number of rotatable bonds is 2. The Hall–Kier alpha value is -1.20. The van der Waals surface area contributed by atoms with E-state index in [4.69, 9.17) is 10.5 Å². The Balaban J connectivity index is 1.76. The molecule has 2 saturated heterocycles. The zero-order valence-corrected chi connectivity index (χ0v) is 9.17. The van der Waals surface area contributed by atoms with Crippen LogP contribution in [0.4, 0.5) is 5.95 Å². The monoisotopic (exact) mass is 220 g/mol. The van der Waals surface area contributed by atoms with Gasteiger partial charge in [-0.3, -0.25) is 0 Å². The van der Waals surface area contributed by atoms with Gasteiger partial charge in [-0.15, -0.1) is 0 Å². The minimum atomic E-state index is 0.372. The summed E-state index contributed by atoms with van der Waals surface area (Å²) in [7, 11) is 0. The van der Waals surface area contributed by atoms with Crippen molar-refractivity contribution in [3.8, 4) is 0 Å². The van der Waals surface area contributed by atoms with Crippen molar-refractivity contribution >= 4 is 5.95 Å². The van der Waals surface area contributed by atoms with Gasteiger partial charge < -0.3 is 15.4 Å². The SMILES string of the molecule is NCc1cnc(N2CC3CCC(C2)O3)nc1. The highest BCUT2D eigenvalue weighted by atomic mass is 16.5. The molecule has 5 heteroatoms. The van der Waals surface area contributed by atoms with Crippen molar-refractivity contribution in [3.63, 3.8) is 0 Å². The van der Waals surface area contributed by atoms with Crippen molar-refractivity contribution in [2.75, 3.05) is 18.0 Å². The molecule has 2 unspecified atom stereocenters. The Morgan fingerprint density at radius 3 is 2.44 bits per heavy atom. The van der Waals surface area contributed by atoms with Crippen LogP contribution in [0.5, 0.6) is 0 Å². The molecule has 0 saturated carbocycles. The van der Waals surface area contributed by atoms with E-state index >= 15 is 0 Å². The van der Waals surface area contributed by atoms with Crippen LogP contribution in [0.25, 0.3) is 0 Å². The van der Waals surface area contributed by atoms with E-state index in [1.54, 1.807) is 12.4 Å². The molecule has 5 nitrogen and oxygen atoms in total. The third kappa shape index (κ3) is 1.76. The molecule has 0 aliphatic carbocycles. The summed E-state index contributed by atoms with van der Waals surface area (Å²) in [6, 6.07) is 0. The van der Waals surface area contributed by atoms with Crippen LogP contribution in [0.2, 0.25) is 0 Å². The number of nitrogens with zero attached hydrogens (tertiary/aromatic N) is 3. The number of hydrogen-bond donors (Lipinski definition) is 1. The van der Waals surface area contributed by atoms with Gasteiger partial charge in [-0.25, -0.2) is 9.97 Å². The molecule has 3 rings (SSSR count). The summed E-state index contributed by atoms with van der Waals surface area (Å²) in [4.78, 5) is 10.9. The van der Waals surface area contributed by atoms with E-state index in [0.29, 0.717) is 18.8 Å². The average molecular weight is 220 g/mol. The minimum absolute atomic E-state index is 0.372. The van der Waals surface area contributed by atoms with Crippen LogP contribution in [0.3, 0.4) is 0 Å². The lowest BCUT2D eigenvalue weighted by atomic mass is 10.2. The number of hydrogen-bond acceptors (Lipinski definition) is 5. The molecule has 1 aromatic rings. The Labute approximate surface area is 94.6 Å². The van der Waals surface area contributed by atoms with Crippen LogP contribution in [-0.2, 0) is 11.3 Å². The van der Waals surface area contributed by atoms with Gasteiger partial charge in [0.15, 0.2) is 0 Å². The number of aromatic nitrogens is 2. The normalized spacial score (nSPS) is 28.4. The molecular weight excluding hydrogens is 204 g/mol. The van der Waals surface area contributed by atoms with Crippen molar-refractivity contribution in [1.29, 1.82) is 0 Å². The summed E-state index contributed by atoms with van der Waals surface area (Å²) in [5, 5.41) is 0. The molecule has 2 aliphatic heterocycles. The minimum Gasteiger partial charge on any atom is -0.371 e. The number of nitrogens with two attached hydrogens (primary N) is 1. The van der Waals surface area contributed by atoms with E-state index in [0.717, 1.165) is 24.6 Å². The molecule has 0 spiro atoms. The summed E-state index contributed by atoms with van der Waals surface area (Å²) in [5.41, 5.74) is 6.49. The van der Waals surface area contributed by atoms with E-state index < -0.39 is 0 Å². The summed E-state index contributed by atoms with van der Waals surface area (Å²) < 4.78 is 5.78. The van der Waals surface area contributed by atoms with E-state index in [-0.39, 0.29) is 0 Å². The Kier molecular flexibility index (Phi) is 2.49. The second kappa shape index (κ2) is 3.99. The van der Waals surface area contributed by atoms with Gasteiger partial charge in [0.05, 0.1) is 12.2 Å². The smallest absolute Gasteiger partial charge is 0.225 e. The molecule has 3 heterocycles. The van der Waals surface area contributed by atoms with Crippen molar-refractivity contribution in [3.05, 3.63) is 18.0 Å². The summed E-state index contributed by atoms with van der Waals surface area (Å²) >= 11 is 0. The second-order valence-electron chi connectivity index (χ2n) is 4.46. The summed E-state index contributed by atoms with van der Waals surface area (Å²) in [6.45, 7) is 2.32. The Morgan fingerprint density at radius 2 is 1.88 bits per heavy atom. The van der Waals surface area contributed by atoms with Crippen molar-refractivity contribution in [2.24, 2.45) is 5.73 Å². The van der Waals surface area contributed by atoms with Gasteiger partial charge in [0, 0.05) is 37.6 Å².